The smallest absolute Gasteiger partial charge is 0.125 e. The maximum absolute atomic E-state index is 5.99. The molecule has 0 aliphatic carbocycles. The van der Waals surface area contributed by atoms with E-state index in [4.69, 9.17) is 10.5 Å². The van der Waals surface area contributed by atoms with E-state index >= 15 is 0 Å². The number of aromatic nitrogens is 2. The van der Waals surface area contributed by atoms with Crippen molar-refractivity contribution in [3.63, 3.8) is 0 Å². The predicted octanol–water partition coefficient (Wildman–Crippen LogP) is 2.39. The second kappa shape index (κ2) is 4.49. The van der Waals surface area contributed by atoms with Gasteiger partial charge in [0.2, 0.25) is 0 Å². The van der Waals surface area contributed by atoms with E-state index in [0.29, 0.717) is 5.82 Å². The average molecular weight is 231 g/mol. The number of ether oxygens (including phenoxy) is 1. The predicted molar refractivity (Wildman–Crippen MR) is 68.2 cm³/mol. The second-order valence-corrected chi connectivity index (χ2v) is 4.08. The maximum atomic E-state index is 5.99. The Hall–Kier alpha value is -1.97. The Morgan fingerprint density at radius 1 is 1.35 bits per heavy atom. The standard InChI is InChI=1S/C13H17N3O/c1-9-8-15-16(13(9)14)10(2)11-6-4-5-7-12(11)17-3/h4-8,10H,14H2,1-3H3. The largest absolute Gasteiger partial charge is 0.496 e. The molecule has 1 atom stereocenters. The molecule has 0 fully saturated rings. The van der Waals surface area contributed by atoms with Gasteiger partial charge >= 0.3 is 0 Å². The van der Waals surface area contributed by atoms with E-state index in [9.17, 15) is 0 Å². The van der Waals surface area contributed by atoms with Crippen molar-refractivity contribution in [2.24, 2.45) is 0 Å². The summed E-state index contributed by atoms with van der Waals surface area (Å²) in [5.41, 5.74) is 8.06. The molecule has 4 nitrogen and oxygen atoms in total. The van der Waals surface area contributed by atoms with Crippen LogP contribution in [-0.4, -0.2) is 16.9 Å². The van der Waals surface area contributed by atoms with Crippen molar-refractivity contribution in [2.75, 3.05) is 12.8 Å². The zero-order valence-corrected chi connectivity index (χ0v) is 10.3. The zero-order chi connectivity index (χ0) is 12.4. The van der Waals surface area contributed by atoms with Crippen molar-refractivity contribution >= 4 is 5.82 Å². The molecule has 2 N–H and O–H groups in total. The van der Waals surface area contributed by atoms with Crippen LogP contribution in [-0.2, 0) is 0 Å². The Morgan fingerprint density at radius 3 is 2.65 bits per heavy atom. The van der Waals surface area contributed by atoms with Crippen LogP contribution in [0.1, 0.15) is 24.1 Å². The summed E-state index contributed by atoms with van der Waals surface area (Å²) >= 11 is 0. The molecule has 1 heterocycles. The molecule has 0 amide bonds. The number of benzene rings is 1. The number of nitrogens with zero attached hydrogens (tertiary/aromatic N) is 2. The van der Waals surface area contributed by atoms with Crippen LogP contribution in [0.15, 0.2) is 30.5 Å². The highest BCUT2D eigenvalue weighted by Crippen LogP contribution is 2.29. The lowest BCUT2D eigenvalue weighted by Crippen LogP contribution is -2.12. The molecule has 0 bridgehead atoms. The third kappa shape index (κ3) is 1.98. The SMILES string of the molecule is COc1ccccc1C(C)n1ncc(C)c1N. The van der Waals surface area contributed by atoms with E-state index in [2.05, 4.69) is 12.0 Å². The van der Waals surface area contributed by atoms with Crippen molar-refractivity contribution in [1.29, 1.82) is 0 Å². The molecule has 1 aromatic carbocycles. The van der Waals surface area contributed by atoms with Gasteiger partial charge in [0.15, 0.2) is 0 Å². The lowest BCUT2D eigenvalue weighted by molar-refractivity contribution is 0.401. The number of rotatable bonds is 3. The number of hydrogen-bond acceptors (Lipinski definition) is 3. The lowest BCUT2D eigenvalue weighted by atomic mass is 10.1. The van der Waals surface area contributed by atoms with Gasteiger partial charge in [-0.25, -0.2) is 4.68 Å². The van der Waals surface area contributed by atoms with Crippen LogP contribution in [0.2, 0.25) is 0 Å². The first-order chi connectivity index (χ1) is 8.15. The van der Waals surface area contributed by atoms with Crippen LogP contribution in [0.4, 0.5) is 5.82 Å². The molecule has 17 heavy (non-hydrogen) atoms. The van der Waals surface area contributed by atoms with E-state index in [1.807, 2.05) is 35.9 Å². The Morgan fingerprint density at radius 2 is 2.06 bits per heavy atom. The summed E-state index contributed by atoms with van der Waals surface area (Å²) in [6, 6.07) is 7.96. The van der Waals surface area contributed by atoms with E-state index < -0.39 is 0 Å². The van der Waals surface area contributed by atoms with Gasteiger partial charge in [-0.1, -0.05) is 18.2 Å². The van der Waals surface area contributed by atoms with Crippen LogP contribution in [0.5, 0.6) is 5.75 Å². The van der Waals surface area contributed by atoms with Gasteiger partial charge in [0, 0.05) is 11.1 Å². The summed E-state index contributed by atoms with van der Waals surface area (Å²) in [6.45, 7) is 4.01. The Bertz CT molecular complexity index is 519. The van der Waals surface area contributed by atoms with Crippen LogP contribution in [0.3, 0.4) is 0 Å². The first-order valence-electron chi connectivity index (χ1n) is 5.57. The fraction of sp³-hybridized carbons (Fsp3) is 0.308. The highest BCUT2D eigenvalue weighted by Gasteiger charge is 2.16. The van der Waals surface area contributed by atoms with Crippen LogP contribution >= 0.6 is 0 Å². The molecule has 0 spiro atoms. The summed E-state index contributed by atoms with van der Waals surface area (Å²) in [6.07, 6.45) is 1.78. The molecule has 0 radical (unpaired) electrons. The van der Waals surface area contributed by atoms with E-state index in [1.165, 1.54) is 0 Å². The number of para-hydroxylation sites is 1. The number of aryl methyl sites for hydroxylation is 1. The molecule has 1 unspecified atom stereocenters. The van der Waals surface area contributed by atoms with Gasteiger partial charge in [-0.3, -0.25) is 0 Å². The van der Waals surface area contributed by atoms with Crippen molar-refractivity contribution in [3.8, 4) is 5.75 Å². The monoisotopic (exact) mass is 231 g/mol. The van der Waals surface area contributed by atoms with E-state index in [0.717, 1.165) is 16.9 Å². The minimum atomic E-state index is 0.0554. The van der Waals surface area contributed by atoms with Crippen molar-refractivity contribution in [2.45, 2.75) is 19.9 Å². The molecule has 90 valence electrons. The first kappa shape index (κ1) is 11.5. The topological polar surface area (TPSA) is 53.1 Å². The third-order valence-corrected chi connectivity index (χ3v) is 2.98. The van der Waals surface area contributed by atoms with Gasteiger partial charge in [0.25, 0.3) is 0 Å². The molecule has 4 heteroatoms. The number of methoxy groups -OCH3 is 1. The summed E-state index contributed by atoms with van der Waals surface area (Å²) in [5, 5.41) is 4.30. The molecular formula is C13H17N3O. The average Bonchev–Trinajstić information content (AvgIpc) is 2.69. The van der Waals surface area contributed by atoms with Crippen LogP contribution in [0.25, 0.3) is 0 Å². The minimum Gasteiger partial charge on any atom is -0.496 e. The van der Waals surface area contributed by atoms with Crippen molar-refractivity contribution in [3.05, 3.63) is 41.6 Å². The fourth-order valence-electron chi connectivity index (χ4n) is 1.91. The van der Waals surface area contributed by atoms with Gasteiger partial charge < -0.3 is 10.5 Å². The van der Waals surface area contributed by atoms with E-state index in [-0.39, 0.29) is 6.04 Å². The second-order valence-electron chi connectivity index (χ2n) is 4.08. The summed E-state index contributed by atoms with van der Waals surface area (Å²) in [5.74, 6) is 1.55. The molecular weight excluding hydrogens is 214 g/mol. The number of hydrogen-bond donors (Lipinski definition) is 1. The minimum absolute atomic E-state index is 0.0554. The van der Waals surface area contributed by atoms with Gasteiger partial charge in [0.05, 0.1) is 19.3 Å². The van der Waals surface area contributed by atoms with Crippen molar-refractivity contribution in [1.82, 2.24) is 9.78 Å². The molecule has 1 aromatic heterocycles. The van der Waals surface area contributed by atoms with Crippen LogP contribution in [0, 0.1) is 6.92 Å². The number of nitrogen functional groups attached to an aromatic ring is 1. The Balaban J connectivity index is 2.43. The third-order valence-electron chi connectivity index (χ3n) is 2.98. The normalized spacial score (nSPS) is 12.4. The maximum Gasteiger partial charge on any atom is 0.125 e. The number of anilines is 1. The Kier molecular flexibility index (Phi) is 3.04. The summed E-state index contributed by atoms with van der Waals surface area (Å²) < 4.78 is 7.17. The molecule has 0 saturated heterocycles. The molecule has 0 aliphatic rings. The molecule has 2 rings (SSSR count). The molecule has 2 aromatic rings. The lowest BCUT2D eigenvalue weighted by Gasteiger charge is -2.17. The molecule has 0 saturated carbocycles. The zero-order valence-electron chi connectivity index (χ0n) is 10.3. The summed E-state index contributed by atoms with van der Waals surface area (Å²) in [4.78, 5) is 0. The Labute approximate surface area is 101 Å². The molecule has 0 aliphatic heterocycles. The fourth-order valence-corrected chi connectivity index (χ4v) is 1.91. The van der Waals surface area contributed by atoms with Crippen molar-refractivity contribution < 1.29 is 4.74 Å². The van der Waals surface area contributed by atoms with Gasteiger partial charge in [-0.05, 0) is 19.9 Å². The van der Waals surface area contributed by atoms with E-state index in [1.54, 1.807) is 13.3 Å². The number of nitrogens with two attached hydrogens (primary N) is 1. The summed E-state index contributed by atoms with van der Waals surface area (Å²) in [7, 11) is 1.67. The van der Waals surface area contributed by atoms with Gasteiger partial charge in [-0.2, -0.15) is 5.10 Å². The first-order valence-corrected chi connectivity index (χ1v) is 5.57. The van der Waals surface area contributed by atoms with Gasteiger partial charge in [-0.15, -0.1) is 0 Å². The van der Waals surface area contributed by atoms with Crippen LogP contribution < -0.4 is 10.5 Å². The highest BCUT2D eigenvalue weighted by molar-refractivity contribution is 5.41. The van der Waals surface area contributed by atoms with Gasteiger partial charge in [0.1, 0.15) is 11.6 Å². The highest BCUT2D eigenvalue weighted by atomic mass is 16.5. The quantitative estimate of drug-likeness (QED) is 0.882.